The molecule has 0 aliphatic carbocycles. The highest BCUT2D eigenvalue weighted by Gasteiger charge is 2.13. The van der Waals surface area contributed by atoms with Crippen LogP contribution in [0.4, 0.5) is 14.5 Å². The Morgan fingerprint density at radius 3 is 2.42 bits per heavy atom. The zero-order chi connectivity index (χ0) is 14.0. The van der Waals surface area contributed by atoms with E-state index in [0.717, 1.165) is 17.7 Å². The fourth-order valence-corrected chi connectivity index (χ4v) is 1.74. The molecule has 0 saturated carbocycles. The molecule has 1 aromatic heterocycles. The number of aromatic nitrogens is 1. The van der Waals surface area contributed by atoms with E-state index in [1.807, 2.05) is 0 Å². The van der Waals surface area contributed by atoms with Crippen LogP contribution in [0.15, 0.2) is 16.7 Å². The summed E-state index contributed by atoms with van der Waals surface area (Å²) in [5, 5.41) is 15.0. The standard InChI is InChI=1S/C13H11F2N3O/c1-7-10(8(2)19-18-7)6-17-13-11(14)3-9(5-16)4-12(13)15/h3-4,17H,6H2,1-2H3. The van der Waals surface area contributed by atoms with Gasteiger partial charge in [0.1, 0.15) is 11.4 Å². The quantitative estimate of drug-likeness (QED) is 0.924. The fraction of sp³-hybridized carbons (Fsp3) is 0.231. The van der Waals surface area contributed by atoms with Crippen molar-refractivity contribution in [3.8, 4) is 6.07 Å². The number of hydrogen-bond acceptors (Lipinski definition) is 4. The molecule has 0 saturated heterocycles. The van der Waals surface area contributed by atoms with Gasteiger partial charge >= 0.3 is 0 Å². The Morgan fingerprint density at radius 1 is 1.32 bits per heavy atom. The summed E-state index contributed by atoms with van der Waals surface area (Å²) in [6.45, 7) is 3.67. The van der Waals surface area contributed by atoms with E-state index in [9.17, 15) is 8.78 Å². The van der Waals surface area contributed by atoms with Crippen LogP contribution in [0.25, 0.3) is 0 Å². The number of hydrogen-bond donors (Lipinski definition) is 1. The lowest BCUT2D eigenvalue weighted by atomic mass is 10.1. The molecule has 2 aromatic rings. The predicted molar refractivity (Wildman–Crippen MR) is 64.4 cm³/mol. The Balaban J connectivity index is 2.24. The van der Waals surface area contributed by atoms with Crippen molar-refractivity contribution in [3.05, 3.63) is 46.3 Å². The lowest BCUT2D eigenvalue weighted by Crippen LogP contribution is -2.05. The molecular weight excluding hydrogens is 252 g/mol. The van der Waals surface area contributed by atoms with Crippen LogP contribution in [0.3, 0.4) is 0 Å². The molecular formula is C13H11F2N3O. The number of halogens is 2. The molecule has 4 nitrogen and oxygen atoms in total. The van der Waals surface area contributed by atoms with Crippen molar-refractivity contribution >= 4 is 5.69 Å². The number of anilines is 1. The first-order chi connectivity index (χ1) is 9.02. The lowest BCUT2D eigenvalue weighted by molar-refractivity contribution is 0.392. The molecule has 0 unspecified atom stereocenters. The minimum atomic E-state index is -0.802. The summed E-state index contributed by atoms with van der Waals surface area (Å²) < 4.78 is 32.2. The van der Waals surface area contributed by atoms with Crippen LogP contribution in [-0.2, 0) is 6.54 Å². The second kappa shape index (κ2) is 5.06. The van der Waals surface area contributed by atoms with Gasteiger partial charge in [-0.1, -0.05) is 5.16 Å². The Hall–Kier alpha value is -2.42. The molecule has 1 heterocycles. The van der Waals surface area contributed by atoms with Crippen LogP contribution in [0.5, 0.6) is 0 Å². The van der Waals surface area contributed by atoms with Crippen molar-refractivity contribution in [1.29, 1.82) is 5.26 Å². The van der Waals surface area contributed by atoms with E-state index in [0.29, 0.717) is 11.5 Å². The highest BCUT2D eigenvalue weighted by molar-refractivity contribution is 5.50. The van der Waals surface area contributed by atoms with Crippen molar-refractivity contribution in [2.24, 2.45) is 0 Å². The van der Waals surface area contributed by atoms with Gasteiger partial charge in [0, 0.05) is 12.1 Å². The van der Waals surface area contributed by atoms with Crippen molar-refractivity contribution < 1.29 is 13.3 Å². The second-order valence-corrected chi connectivity index (χ2v) is 4.08. The maximum atomic E-state index is 13.6. The number of nitriles is 1. The normalized spacial score (nSPS) is 10.3. The molecule has 1 aromatic carbocycles. The van der Waals surface area contributed by atoms with Crippen LogP contribution < -0.4 is 5.32 Å². The molecule has 0 spiro atoms. The molecule has 19 heavy (non-hydrogen) atoms. The topological polar surface area (TPSA) is 61.9 Å². The van der Waals surface area contributed by atoms with Crippen molar-refractivity contribution in [1.82, 2.24) is 5.16 Å². The number of rotatable bonds is 3. The maximum Gasteiger partial charge on any atom is 0.150 e. The summed E-state index contributed by atoms with van der Waals surface area (Å²) in [6, 6.07) is 3.66. The number of nitrogens with one attached hydrogen (secondary N) is 1. The van der Waals surface area contributed by atoms with E-state index in [1.165, 1.54) is 0 Å². The van der Waals surface area contributed by atoms with Crippen LogP contribution in [-0.4, -0.2) is 5.16 Å². The number of aryl methyl sites for hydroxylation is 2. The lowest BCUT2D eigenvalue weighted by Gasteiger charge is -2.08. The molecule has 0 aliphatic heterocycles. The highest BCUT2D eigenvalue weighted by Crippen LogP contribution is 2.22. The van der Waals surface area contributed by atoms with E-state index >= 15 is 0 Å². The van der Waals surface area contributed by atoms with Gasteiger partial charge < -0.3 is 9.84 Å². The third kappa shape index (κ3) is 2.55. The maximum absolute atomic E-state index is 13.6. The minimum Gasteiger partial charge on any atom is -0.376 e. The van der Waals surface area contributed by atoms with Crippen molar-refractivity contribution in [2.45, 2.75) is 20.4 Å². The third-order valence-corrected chi connectivity index (χ3v) is 2.79. The zero-order valence-electron chi connectivity index (χ0n) is 10.4. The van der Waals surface area contributed by atoms with Crippen LogP contribution >= 0.6 is 0 Å². The molecule has 6 heteroatoms. The SMILES string of the molecule is Cc1noc(C)c1CNc1c(F)cc(C#N)cc1F. The second-order valence-electron chi connectivity index (χ2n) is 4.08. The monoisotopic (exact) mass is 263 g/mol. The number of nitrogens with zero attached hydrogens (tertiary/aromatic N) is 2. The van der Waals surface area contributed by atoms with Gasteiger partial charge in [0.2, 0.25) is 0 Å². The smallest absolute Gasteiger partial charge is 0.150 e. The summed E-state index contributed by atoms with van der Waals surface area (Å²) in [6.07, 6.45) is 0. The van der Waals surface area contributed by atoms with E-state index in [1.54, 1.807) is 19.9 Å². The highest BCUT2D eigenvalue weighted by atomic mass is 19.1. The van der Waals surface area contributed by atoms with Crippen LogP contribution in [0, 0.1) is 36.8 Å². The van der Waals surface area contributed by atoms with E-state index in [-0.39, 0.29) is 17.8 Å². The Labute approximate surface area is 108 Å². The Kier molecular flexibility index (Phi) is 3.47. The predicted octanol–water partition coefficient (Wildman–Crippen LogP) is 3.05. The molecule has 0 bridgehead atoms. The molecule has 2 rings (SSSR count). The summed E-state index contributed by atoms with van der Waals surface area (Å²) in [4.78, 5) is 0. The number of benzene rings is 1. The Morgan fingerprint density at radius 2 is 1.95 bits per heavy atom. The van der Waals surface area contributed by atoms with Gasteiger partial charge in [0.25, 0.3) is 0 Å². The van der Waals surface area contributed by atoms with Crippen molar-refractivity contribution in [3.63, 3.8) is 0 Å². The summed E-state index contributed by atoms with van der Waals surface area (Å²) in [5.74, 6) is -1.01. The molecule has 0 aliphatic rings. The Bertz CT molecular complexity index is 616. The first kappa shape index (κ1) is 13.0. The molecule has 0 amide bonds. The van der Waals surface area contributed by atoms with Gasteiger partial charge in [0.05, 0.1) is 17.3 Å². The van der Waals surface area contributed by atoms with E-state index in [2.05, 4.69) is 10.5 Å². The largest absolute Gasteiger partial charge is 0.376 e. The average molecular weight is 263 g/mol. The summed E-state index contributed by atoms with van der Waals surface area (Å²) in [5.41, 5.74) is 1.10. The molecule has 0 radical (unpaired) electrons. The van der Waals surface area contributed by atoms with Gasteiger partial charge in [-0.25, -0.2) is 8.78 Å². The van der Waals surface area contributed by atoms with Gasteiger partial charge in [-0.05, 0) is 26.0 Å². The summed E-state index contributed by atoms with van der Waals surface area (Å²) >= 11 is 0. The van der Waals surface area contributed by atoms with Crippen molar-refractivity contribution in [2.75, 3.05) is 5.32 Å². The van der Waals surface area contributed by atoms with Crippen LogP contribution in [0.1, 0.15) is 22.6 Å². The zero-order valence-corrected chi connectivity index (χ0v) is 10.4. The van der Waals surface area contributed by atoms with E-state index in [4.69, 9.17) is 9.78 Å². The van der Waals surface area contributed by atoms with E-state index < -0.39 is 11.6 Å². The summed E-state index contributed by atoms with van der Waals surface area (Å²) in [7, 11) is 0. The fourth-order valence-electron chi connectivity index (χ4n) is 1.74. The van der Waals surface area contributed by atoms with Gasteiger partial charge in [-0.2, -0.15) is 5.26 Å². The van der Waals surface area contributed by atoms with Gasteiger partial charge in [-0.15, -0.1) is 0 Å². The van der Waals surface area contributed by atoms with Gasteiger partial charge in [0.15, 0.2) is 11.6 Å². The molecule has 1 N–H and O–H groups in total. The average Bonchev–Trinajstić information content (AvgIpc) is 2.68. The third-order valence-electron chi connectivity index (χ3n) is 2.79. The molecule has 0 fully saturated rings. The first-order valence-electron chi connectivity index (χ1n) is 5.57. The molecule has 98 valence electrons. The van der Waals surface area contributed by atoms with Crippen LogP contribution in [0.2, 0.25) is 0 Å². The minimum absolute atomic E-state index is 0.0575. The molecule has 0 atom stereocenters. The van der Waals surface area contributed by atoms with Gasteiger partial charge in [-0.3, -0.25) is 0 Å². The first-order valence-corrected chi connectivity index (χ1v) is 5.57.